The van der Waals surface area contributed by atoms with Crippen LogP contribution in [0.5, 0.6) is 5.75 Å². The maximum absolute atomic E-state index is 10.5. The Hall–Kier alpha value is -1.55. The summed E-state index contributed by atoms with van der Waals surface area (Å²) in [5, 5.41) is 8.62. The lowest BCUT2D eigenvalue weighted by Crippen LogP contribution is -2.22. The molecule has 1 atom stereocenters. The van der Waals surface area contributed by atoms with Crippen LogP contribution in [0, 0.1) is 0 Å². The lowest BCUT2D eigenvalue weighted by Gasteiger charge is -2.10. The quantitative estimate of drug-likeness (QED) is 0.751. The van der Waals surface area contributed by atoms with Crippen molar-refractivity contribution in [2.45, 2.75) is 19.6 Å². The molecule has 0 heterocycles. The van der Waals surface area contributed by atoms with E-state index >= 15 is 0 Å². The number of hydrogen-bond acceptors (Lipinski definition) is 3. The smallest absolute Gasteiger partial charge is 0.344 e. The summed E-state index contributed by atoms with van der Waals surface area (Å²) in [6, 6.07) is 7.09. The summed E-state index contributed by atoms with van der Waals surface area (Å²) < 4.78 is 5.16. The molecule has 14 heavy (non-hydrogen) atoms. The van der Waals surface area contributed by atoms with Crippen LogP contribution in [0.25, 0.3) is 0 Å². The van der Waals surface area contributed by atoms with Crippen LogP contribution in [0.4, 0.5) is 0 Å². The molecule has 0 aliphatic heterocycles. The largest absolute Gasteiger partial charge is 0.479 e. The normalized spacial score (nSPS) is 12.1. The number of benzene rings is 1. The topological polar surface area (TPSA) is 72.5 Å². The van der Waals surface area contributed by atoms with E-state index in [2.05, 4.69) is 0 Å². The molecule has 0 aliphatic rings. The highest BCUT2D eigenvalue weighted by atomic mass is 16.5. The first-order valence-electron chi connectivity index (χ1n) is 4.32. The van der Waals surface area contributed by atoms with Gasteiger partial charge >= 0.3 is 5.97 Å². The van der Waals surface area contributed by atoms with Crippen LogP contribution in [-0.2, 0) is 11.3 Å². The zero-order chi connectivity index (χ0) is 10.6. The van der Waals surface area contributed by atoms with Gasteiger partial charge < -0.3 is 15.6 Å². The lowest BCUT2D eigenvalue weighted by atomic mass is 10.2. The van der Waals surface area contributed by atoms with Crippen molar-refractivity contribution in [1.82, 2.24) is 0 Å². The fraction of sp³-hybridized carbons (Fsp3) is 0.300. The molecule has 3 N–H and O–H groups in total. The number of hydrogen-bond donors (Lipinski definition) is 2. The molecule has 4 nitrogen and oxygen atoms in total. The SMILES string of the molecule is CC(Oc1cccc(CN)c1)C(=O)O. The second-order valence-corrected chi connectivity index (χ2v) is 2.95. The summed E-state index contributed by atoms with van der Waals surface area (Å²) in [6.07, 6.45) is -0.844. The van der Waals surface area contributed by atoms with E-state index in [-0.39, 0.29) is 0 Å². The van der Waals surface area contributed by atoms with Crippen LogP contribution >= 0.6 is 0 Å². The highest BCUT2D eigenvalue weighted by Crippen LogP contribution is 2.14. The maximum Gasteiger partial charge on any atom is 0.344 e. The molecule has 1 aromatic rings. The van der Waals surface area contributed by atoms with Gasteiger partial charge in [0.25, 0.3) is 0 Å². The van der Waals surface area contributed by atoms with Crippen molar-refractivity contribution >= 4 is 5.97 Å². The Balaban J connectivity index is 2.71. The van der Waals surface area contributed by atoms with Gasteiger partial charge in [-0.3, -0.25) is 0 Å². The first-order chi connectivity index (χ1) is 6.63. The van der Waals surface area contributed by atoms with E-state index in [1.165, 1.54) is 6.92 Å². The van der Waals surface area contributed by atoms with Gasteiger partial charge in [0, 0.05) is 6.54 Å². The Bertz CT molecular complexity index is 325. The van der Waals surface area contributed by atoms with Crippen molar-refractivity contribution in [3.63, 3.8) is 0 Å². The first kappa shape index (κ1) is 10.5. The van der Waals surface area contributed by atoms with Crippen molar-refractivity contribution in [3.05, 3.63) is 29.8 Å². The van der Waals surface area contributed by atoms with Gasteiger partial charge in [-0.2, -0.15) is 0 Å². The molecule has 4 heteroatoms. The second kappa shape index (κ2) is 4.62. The maximum atomic E-state index is 10.5. The predicted molar refractivity (Wildman–Crippen MR) is 52.1 cm³/mol. The van der Waals surface area contributed by atoms with Crippen molar-refractivity contribution in [2.24, 2.45) is 5.73 Å². The Morgan fingerprint density at radius 2 is 2.36 bits per heavy atom. The molecular weight excluding hydrogens is 182 g/mol. The summed E-state index contributed by atoms with van der Waals surface area (Å²) >= 11 is 0. The standard InChI is InChI=1S/C10H13NO3/c1-7(10(12)13)14-9-4-2-3-8(5-9)6-11/h2-5,7H,6,11H2,1H3,(H,12,13). The van der Waals surface area contributed by atoms with Gasteiger partial charge in [0.05, 0.1) is 0 Å². The van der Waals surface area contributed by atoms with Gasteiger partial charge in [-0.1, -0.05) is 12.1 Å². The zero-order valence-corrected chi connectivity index (χ0v) is 7.93. The average Bonchev–Trinajstić information content (AvgIpc) is 2.18. The van der Waals surface area contributed by atoms with E-state index in [4.69, 9.17) is 15.6 Å². The Morgan fingerprint density at radius 3 is 2.93 bits per heavy atom. The van der Waals surface area contributed by atoms with E-state index in [1.807, 2.05) is 6.07 Å². The number of aliphatic carboxylic acids is 1. The predicted octanol–water partition coefficient (Wildman–Crippen LogP) is 0.997. The van der Waals surface area contributed by atoms with Crippen molar-refractivity contribution in [2.75, 3.05) is 0 Å². The Kier molecular flexibility index (Phi) is 3.48. The number of ether oxygens (including phenoxy) is 1. The van der Waals surface area contributed by atoms with Crippen LogP contribution in [0.1, 0.15) is 12.5 Å². The number of carboxylic acids is 1. The summed E-state index contributed by atoms with van der Waals surface area (Å²) in [7, 11) is 0. The fourth-order valence-electron chi connectivity index (χ4n) is 1.00. The lowest BCUT2D eigenvalue weighted by molar-refractivity contribution is -0.144. The summed E-state index contributed by atoms with van der Waals surface area (Å²) in [6.45, 7) is 1.90. The highest BCUT2D eigenvalue weighted by Gasteiger charge is 2.11. The van der Waals surface area contributed by atoms with Gasteiger partial charge in [-0.15, -0.1) is 0 Å². The van der Waals surface area contributed by atoms with Crippen molar-refractivity contribution < 1.29 is 14.6 Å². The molecular formula is C10H13NO3. The molecule has 1 aromatic carbocycles. The second-order valence-electron chi connectivity index (χ2n) is 2.95. The van der Waals surface area contributed by atoms with E-state index in [1.54, 1.807) is 18.2 Å². The summed E-state index contributed by atoms with van der Waals surface area (Å²) in [5.74, 6) is -0.453. The Morgan fingerprint density at radius 1 is 1.64 bits per heavy atom. The van der Waals surface area contributed by atoms with Gasteiger partial charge in [0.15, 0.2) is 6.10 Å². The number of carbonyl (C=O) groups is 1. The summed E-state index contributed by atoms with van der Waals surface area (Å²) in [5.41, 5.74) is 6.35. The molecule has 0 aromatic heterocycles. The third-order valence-corrected chi connectivity index (χ3v) is 1.79. The molecule has 0 saturated carbocycles. The van der Waals surface area contributed by atoms with Crippen molar-refractivity contribution in [3.8, 4) is 5.75 Å². The fourth-order valence-corrected chi connectivity index (χ4v) is 1.00. The molecule has 1 unspecified atom stereocenters. The highest BCUT2D eigenvalue weighted by molar-refractivity contribution is 5.72. The average molecular weight is 195 g/mol. The first-order valence-corrected chi connectivity index (χ1v) is 4.32. The number of nitrogens with two attached hydrogens (primary N) is 1. The van der Waals surface area contributed by atoms with Crippen LogP contribution in [0.15, 0.2) is 24.3 Å². The van der Waals surface area contributed by atoms with Crippen LogP contribution in [0.2, 0.25) is 0 Å². The molecule has 0 bridgehead atoms. The van der Waals surface area contributed by atoms with Crippen LogP contribution < -0.4 is 10.5 Å². The van der Waals surface area contributed by atoms with E-state index in [9.17, 15) is 4.79 Å². The third kappa shape index (κ3) is 2.74. The Labute approximate surface area is 82.3 Å². The van der Waals surface area contributed by atoms with Gasteiger partial charge in [-0.05, 0) is 24.6 Å². The van der Waals surface area contributed by atoms with E-state index in [0.29, 0.717) is 12.3 Å². The molecule has 0 aliphatic carbocycles. The summed E-state index contributed by atoms with van der Waals surface area (Å²) in [4.78, 5) is 10.5. The molecule has 0 amide bonds. The molecule has 1 rings (SSSR count). The minimum Gasteiger partial charge on any atom is -0.479 e. The molecule has 0 fully saturated rings. The van der Waals surface area contributed by atoms with Crippen molar-refractivity contribution in [1.29, 1.82) is 0 Å². The number of carboxylic acid groups (broad SMARTS) is 1. The third-order valence-electron chi connectivity index (χ3n) is 1.79. The molecule has 0 radical (unpaired) electrons. The van der Waals surface area contributed by atoms with Gasteiger partial charge in [-0.25, -0.2) is 4.79 Å². The van der Waals surface area contributed by atoms with E-state index in [0.717, 1.165) is 5.56 Å². The zero-order valence-electron chi connectivity index (χ0n) is 7.93. The van der Waals surface area contributed by atoms with Crippen LogP contribution in [0.3, 0.4) is 0 Å². The molecule has 0 saturated heterocycles. The van der Waals surface area contributed by atoms with E-state index < -0.39 is 12.1 Å². The minimum absolute atomic E-state index is 0.415. The number of rotatable bonds is 4. The van der Waals surface area contributed by atoms with Crippen LogP contribution in [-0.4, -0.2) is 17.2 Å². The monoisotopic (exact) mass is 195 g/mol. The molecule has 0 spiro atoms. The van der Waals surface area contributed by atoms with Gasteiger partial charge in [0.2, 0.25) is 0 Å². The van der Waals surface area contributed by atoms with Gasteiger partial charge in [0.1, 0.15) is 5.75 Å². The minimum atomic E-state index is -0.983. The molecule has 76 valence electrons.